The number of hydrogen-bond acceptors (Lipinski definition) is 6. The van der Waals surface area contributed by atoms with Crippen molar-refractivity contribution in [2.75, 3.05) is 17.8 Å². The first-order valence-corrected chi connectivity index (χ1v) is 13.6. The highest BCUT2D eigenvalue weighted by atomic mass is 32.2. The highest BCUT2D eigenvalue weighted by Crippen LogP contribution is 2.50. The number of fused-ring (bicyclic) bond motifs is 3. The van der Waals surface area contributed by atoms with Crippen molar-refractivity contribution < 1.29 is 4.74 Å². The van der Waals surface area contributed by atoms with Gasteiger partial charge in [-0.2, -0.15) is 4.98 Å². The van der Waals surface area contributed by atoms with E-state index >= 15 is 0 Å². The predicted octanol–water partition coefficient (Wildman–Crippen LogP) is 6.59. The first kappa shape index (κ1) is 21.4. The molecule has 0 unspecified atom stereocenters. The van der Waals surface area contributed by atoms with Crippen molar-refractivity contribution in [3.8, 4) is 5.75 Å². The Morgan fingerprint density at radius 1 is 0.882 bits per heavy atom. The van der Waals surface area contributed by atoms with Crippen molar-refractivity contribution in [1.29, 1.82) is 0 Å². The van der Waals surface area contributed by atoms with Crippen LogP contribution in [0.25, 0.3) is 5.70 Å². The Kier molecular flexibility index (Phi) is 5.38. The minimum absolute atomic E-state index is 0.140. The van der Waals surface area contributed by atoms with Crippen LogP contribution in [-0.2, 0) is 0 Å². The van der Waals surface area contributed by atoms with Crippen LogP contribution in [0.15, 0.2) is 88.4 Å². The average Bonchev–Trinajstić information content (AvgIpc) is 3.30. The summed E-state index contributed by atoms with van der Waals surface area (Å²) < 4.78 is 8.72. The minimum Gasteiger partial charge on any atom is -0.480 e. The predicted molar refractivity (Wildman–Crippen MR) is 140 cm³/mol. The number of ether oxygens (including phenoxy) is 1. The number of nitrogens with zero attached hydrogens (tertiary/aromatic N) is 3. The number of benzene rings is 3. The van der Waals surface area contributed by atoms with Crippen LogP contribution in [-0.4, -0.2) is 27.3 Å². The maximum atomic E-state index is 6.71. The molecule has 0 bridgehead atoms. The van der Waals surface area contributed by atoms with Gasteiger partial charge in [0.05, 0.1) is 5.70 Å². The number of nitrogens with one attached hydrogen (secondary N) is 1. The molecule has 1 N–H and O–H groups in total. The van der Waals surface area contributed by atoms with Gasteiger partial charge in [-0.15, -0.1) is 16.9 Å². The van der Waals surface area contributed by atoms with E-state index in [1.165, 1.54) is 10.5 Å². The van der Waals surface area contributed by atoms with Gasteiger partial charge in [0.2, 0.25) is 11.1 Å². The van der Waals surface area contributed by atoms with E-state index in [1.54, 1.807) is 23.5 Å². The van der Waals surface area contributed by atoms with E-state index in [0.29, 0.717) is 0 Å². The second-order valence-electron chi connectivity index (χ2n) is 8.40. The Hall–Kier alpha value is -3.16. The number of para-hydroxylation sites is 1. The Morgan fingerprint density at radius 2 is 1.62 bits per heavy atom. The van der Waals surface area contributed by atoms with Crippen LogP contribution in [0, 0.1) is 6.92 Å². The molecule has 2 aliphatic rings. The standard InChI is InChI=1S/C27H24N4OS2/c1-16-8-10-17(11-9-16)24-22-23(28-26-29-27(34-3)30-31(24)26)20-6-4-5-7-21(20)32-25(22)18-12-14-19(33-2)15-13-18/h4-15,24-25H,1-3H3,(H,28,29,30)/t24-,25-/m0/s1. The zero-order valence-corrected chi connectivity index (χ0v) is 20.8. The third-order valence-corrected chi connectivity index (χ3v) is 7.64. The van der Waals surface area contributed by atoms with Crippen LogP contribution in [0.3, 0.4) is 0 Å². The Balaban J connectivity index is 1.60. The molecule has 5 nitrogen and oxygen atoms in total. The maximum absolute atomic E-state index is 6.71. The van der Waals surface area contributed by atoms with E-state index in [4.69, 9.17) is 14.8 Å². The summed E-state index contributed by atoms with van der Waals surface area (Å²) in [4.78, 5) is 6.00. The molecule has 34 heavy (non-hydrogen) atoms. The van der Waals surface area contributed by atoms with Gasteiger partial charge >= 0.3 is 0 Å². The van der Waals surface area contributed by atoms with Crippen molar-refractivity contribution in [3.05, 3.63) is 101 Å². The van der Waals surface area contributed by atoms with E-state index in [2.05, 4.69) is 79.2 Å². The van der Waals surface area contributed by atoms with Crippen molar-refractivity contribution in [1.82, 2.24) is 14.8 Å². The average molecular weight is 485 g/mol. The number of anilines is 1. The summed E-state index contributed by atoms with van der Waals surface area (Å²) in [5, 5.41) is 9.22. The molecule has 0 saturated heterocycles. The van der Waals surface area contributed by atoms with Gasteiger partial charge in [0, 0.05) is 16.0 Å². The largest absolute Gasteiger partial charge is 0.480 e. The molecule has 0 amide bonds. The van der Waals surface area contributed by atoms with Crippen LogP contribution < -0.4 is 10.1 Å². The van der Waals surface area contributed by atoms with E-state index in [9.17, 15) is 0 Å². The first-order valence-electron chi connectivity index (χ1n) is 11.1. The van der Waals surface area contributed by atoms with Crippen molar-refractivity contribution in [3.63, 3.8) is 0 Å². The molecule has 0 aliphatic carbocycles. The monoisotopic (exact) mass is 484 g/mol. The van der Waals surface area contributed by atoms with Crippen molar-refractivity contribution in [2.45, 2.75) is 29.1 Å². The summed E-state index contributed by atoms with van der Waals surface area (Å²) in [5.74, 6) is 1.62. The van der Waals surface area contributed by atoms with Gasteiger partial charge in [-0.1, -0.05) is 65.9 Å². The van der Waals surface area contributed by atoms with Crippen LogP contribution in [0.2, 0.25) is 0 Å². The van der Waals surface area contributed by atoms with Crippen molar-refractivity contribution in [2.24, 2.45) is 0 Å². The van der Waals surface area contributed by atoms with Crippen LogP contribution in [0.1, 0.15) is 34.4 Å². The van der Waals surface area contributed by atoms with Gasteiger partial charge in [0.15, 0.2) is 0 Å². The third kappa shape index (κ3) is 3.51. The number of thioether (sulfide) groups is 2. The Morgan fingerprint density at radius 3 is 2.35 bits per heavy atom. The summed E-state index contributed by atoms with van der Waals surface area (Å²) >= 11 is 3.29. The summed E-state index contributed by atoms with van der Waals surface area (Å²) in [6, 6.07) is 25.4. The van der Waals surface area contributed by atoms with Crippen LogP contribution >= 0.6 is 23.5 Å². The van der Waals surface area contributed by atoms with Gasteiger partial charge in [-0.05, 0) is 54.8 Å². The highest BCUT2D eigenvalue weighted by molar-refractivity contribution is 7.98. The zero-order chi connectivity index (χ0) is 23.2. The van der Waals surface area contributed by atoms with Crippen LogP contribution in [0.4, 0.5) is 5.95 Å². The molecule has 0 saturated carbocycles. The summed E-state index contributed by atoms with van der Waals surface area (Å²) in [5.41, 5.74) is 6.75. The molecular formula is C27H24N4OS2. The second-order valence-corrected chi connectivity index (χ2v) is 10.1. The van der Waals surface area contributed by atoms with Crippen LogP contribution in [0.5, 0.6) is 5.75 Å². The molecule has 4 aromatic rings. The fourth-order valence-electron chi connectivity index (χ4n) is 4.67. The molecule has 3 heterocycles. The number of aromatic nitrogens is 3. The van der Waals surface area contributed by atoms with Gasteiger partial charge in [0.1, 0.15) is 17.9 Å². The zero-order valence-electron chi connectivity index (χ0n) is 19.1. The highest BCUT2D eigenvalue weighted by Gasteiger charge is 2.41. The lowest BCUT2D eigenvalue weighted by Gasteiger charge is -2.39. The van der Waals surface area contributed by atoms with Crippen molar-refractivity contribution >= 4 is 35.2 Å². The Bertz CT molecular complexity index is 1390. The Labute approximate surface area is 207 Å². The molecule has 170 valence electrons. The van der Waals surface area contributed by atoms with E-state index in [0.717, 1.165) is 44.8 Å². The molecule has 0 fully saturated rings. The molecule has 1 aromatic heterocycles. The third-order valence-electron chi connectivity index (χ3n) is 6.35. The van der Waals surface area contributed by atoms with Gasteiger partial charge < -0.3 is 10.1 Å². The first-order chi connectivity index (χ1) is 16.7. The summed E-state index contributed by atoms with van der Waals surface area (Å²) in [7, 11) is 0. The van der Waals surface area contributed by atoms with Gasteiger partial charge in [-0.3, -0.25) is 0 Å². The molecule has 2 aliphatic heterocycles. The topological polar surface area (TPSA) is 52.0 Å². The SMILES string of the molecule is CSc1ccc([C@@H]2Oc3ccccc3C3=C2[C@H](c2ccc(C)cc2)n2nc(SC)nc2N3)cc1. The van der Waals surface area contributed by atoms with Gasteiger partial charge in [0.25, 0.3) is 0 Å². The summed E-state index contributed by atoms with van der Waals surface area (Å²) in [6.07, 6.45) is 3.84. The second kappa shape index (κ2) is 8.56. The normalized spacial score (nSPS) is 18.4. The molecular weight excluding hydrogens is 460 g/mol. The van der Waals surface area contributed by atoms with Gasteiger partial charge in [-0.25, -0.2) is 4.68 Å². The lowest BCUT2D eigenvalue weighted by molar-refractivity contribution is 0.223. The minimum atomic E-state index is -0.255. The quantitative estimate of drug-likeness (QED) is 0.330. The molecule has 2 atom stereocenters. The number of aryl methyl sites for hydroxylation is 1. The maximum Gasteiger partial charge on any atom is 0.227 e. The lowest BCUT2D eigenvalue weighted by atomic mass is 9.84. The molecule has 6 rings (SSSR count). The fourth-order valence-corrected chi connectivity index (χ4v) is 5.42. The fraction of sp³-hybridized carbons (Fsp3) is 0.185. The molecule has 0 radical (unpaired) electrons. The molecule has 0 spiro atoms. The van der Waals surface area contributed by atoms with E-state index in [-0.39, 0.29) is 12.1 Å². The molecule has 7 heteroatoms. The molecule has 3 aromatic carbocycles. The van der Waals surface area contributed by atoms with E-state index < -0.39 is 0 Å². The number of rotatable bonds is 4. The smallest absolute Gasteiger partial charge is 0.227 e. The summed E-state index contributed by atoms with van der Waals surface area (Å²) in [6.45, 7) is 2.11. The van der Waals surface area contributed by atoms with E-state index in [1.807, 2.05) is 23.1 Å². The number of hydrogen-bond donors (Lipinski definition) is 1. The lowest BCUT2D eigenvalue weighted by Crippen LogP contribution is -2.32.